The molecule has 0 saturated carbocycles. The zero-order chi connectivity index (χ0) is 16.8. The van der Waals surface area contributed by atoms with Gasteiger partial charge in [-0.05, 0) is 12.1 Å². The Balaban J connectivity index is 1.81. The van der Waals surface area contributed by atoms with Crippen LogP contribution in [-0.4, -0.2) is 44.9 Å². The van der Waals surface area contributed by atoms with Crippen molar-refractivity contribution in [2.45, 2.75) is 18.3 Å². The van der Waals surface area contributed by atoms with E-state index in [2.05, 4.69) is 9.84 Å². The number of epoxide rings is 1. The Hall–Kier alpha value is -2.03. The highest BCUT2D eigenvalue weighted by atomic mass is 31.2. The third-order valence-corrected chi connectivity index (χ3v) is 3.77. The van der Waals surface area contributed by atoms with E-state index >= 15 is 0 Å². The maximum atomic E-state index is 12.2. The second kappa shape index (κ2) is 5.55. The van der Waals surface area contributed by atoms with E-state index in [1.807, 2.05) is 0 Å². The molecular formula is C13H12NO8P. The van der Waals surface area contributed by atoms with Gasteiger partial charge in [0.05, 0.1) is 11.3 Å². The molecule has 1 heterocycles. The number of aliphatic hydroxyl groups excluding tert-OH is 1. The fourth-order valence-electron chi connectivity index (χ4n) is 2.26. The lowest BCUT2D eigenvalue weighted by molar-refractivity contribution is -0.116. The number of para-hydroxylation sites is 1. The third kappa shape index (κ3) is 3.34. The lowest BCUT2D eigenvalue weighted by Crippen LogP contribution is -2.37. The first kappa shape index (κ1) is 15.9. The Morgan fingerprint density at radius 1 is 1.30 bits per heavy atom. The number of hydrogen-bond donors (Lipinski definition) is 4. The van der Waals surface area contributed by atoms with Gasteiger partial charge in [-0.15, -0.1) is 0 Å². The number of amides is 1. The number of nitrogens with one attached hydrogen (secondary N) is 1. The van der Waals surface area contributed by atoms with Gasteiger partial charge in [-0.2, -0.15) is 0 Å². The number of aliphatic hydroxyl groups is 1. The Morgan fingerprint density at radius 3 is 2.70 bits per heavy atom. The highest BCUT2D eigenvalue weighted by Crippen LogP contribution is 2.39. The number of phosphoric ester groups is 1. The number of fused-ring (bicyclic) bond motifs is 1. The summed E-state index contributed by atoms with van der Waals surface area (Å²) in [7, 11) is -4.84. The lowest BCUT2D eigenvalue weighted by Gasteiger charge is -2.18. The summed E-state index contributed by atoms with van der Waals surface area (Å²) in [5.74, 6) is -1.47. The number of hydrogen-bond acceptors (Lipinski definition) is 6. The van der Waals surface area contributed by atoms with Crippen LogP contribution in [0.15, 0.2) is 36.0 Å². The Kier molecular flexibility index (Phi) is 3.83. The van der Waals surface area contributed by atoms with Crippen LogP contribution in [0.1, 0.15) is 10.4 Å². The van der Waals surface area contributed by atoms with E-state index in [9.17, 15) is 19.3 Å². The van der Waals surface area contributed by atoms with Crippen molar-refractivity contribution in [1.29, 1.82) is 0 Å². The van der Waals surface area contributed by atoms with Crippen LogP contribution in [0.2, 0.25) is 0 Å². The van der Waals surface area contributed by atoms with Gasteiger partial charge in [-0.25, -0.2) is 4.57 Å². The molecular weight excluding hydrogens is 329 g/mol. The number of ether oxygens (including phenoxy) is 1. The van der Waals surface area contributed by atoms with Gasteiger partial charge in [0.1, 0.15) is 24.1 Å². The van der Waals surface area contributed by atoms with Crippen molar-refractivity contribution in [3.63, 3.8) is 0 Å². The Labute approximate surface area is 129 Å². The van der Waals surface area contributed by atoms with Crippen LogP contribution < -0.4 is 9.84 Å². The molecule has 0 bridgehead atoms. The van der Waals surface area contributed by atoms with Crippen molar-refractivity contribution in [2.75, 3.05) is 0 Å². The quantitative estimate of drug-likeness (QED) is 0.423. The van der Waals surface area contributed by atoms with E-state index in [1.54, 1.807) is 0 Å². The molecule has 3 atom stereocenters. The van der Waals surface area contributed by atoms with E-state index in [-0.39, 0.29) is 22.8 Å². The zero-order valence-corrected chi connectivity index (χ0v) is 12.3. The van der Waals surface area contributed by atoms with Crippen molar-refractivity contribution in [3.8, 4) is 5.75 Å². The summed E-state index contributed by atoms with van der Waals surface area (Å²) in [5, 5.41) is 12.3. The van der Waals surface area contributed by atoms with E-state index in [0.717, 1.165) is 6.08 Å². The Morgan fingerprint density at radius 2 is 2.00 bits per heavy atom. The second-order valence-electron chi connectivity index (χ2n) is 5.00. The van der Waals surface area contributed by atoms with E-state index in [4.69, 9.17) is 14.5 Å². The molecule has 4 N–H and O–H groups in total. The average molecular weight is 341 g/mol. The van der Waals surface area contributed by atoms with Gasteiger partial charge in [0.15, 0.2) is 5.78 Å². The number of carbonyl (C=O) groups excluding carboxylic acids is 2. The molecule has 3 rings (SSSR count). The minimum atomic E-state index is -4.84. The standard InChI is InChI=1S/C13H12NO8P/c15-8-5-7(10(16)12-11(8)21-12)14-13(17)6-3-1-2-4-9(6)22-23(18,19)20/h1-5,10-12,16H,(H,14,17)(H2,18,19,20). The molecule has 1 aliphatic heterocycles. The summed E-state index contributed by atoms with van der Waals surface area (Å²) in [6.07, 6.45) is -1.43. The molecule has 1 fully saturated rings. The van der Waals surface area contributed by atoms with Gasteiger partial charge >= 0.3 is 7.82 Å². The third-order valence-electron chi connectivity index (χ3n) is 3.34. The van der Waals surface area contributed by atoms with Gasteiger partial charge in [-0.1, -0.05) is 12.1 Å². The molecule has 1 aromatic carbocycles. The molecule has 122 valence electrons. The van der Waals surface area contributed by atoms with Gasteiger partial charge < -0.3 is 19.7 Å². The summed E-state index contributed by atoms with van der Waals surface area (Å²) in [6.45, 7) is 0. The first-order valence-electron chi connectivity index (χ1n) is 6.51. The number of rotatable bonds is 4. The van der Waals surface area contributed by atoms with Crippen LogP contribution >= 0.6 is 7.82 Å². The molecule has 0 radical (unpaired) electrons. The topological polar surface area (TPSA) is 146 Å². The van der Waals surface area contributed by atoms with Gasteiger partial charge in [0.25, 0.3) is 5.91 Å². The predicted molar refractivity (Wildman–Crippen MR) is 74.3 cm³/mol. The van der Waals surface area contributed by atoms with Crippen molar-refractivity contribution in [3.05, 3.63) is 41.6 Å². The van der Waals surface area contributed by atoms with E-state index in [1.165, 1.54) is 24.3 Å². The fourth-order valence-corrected chi connectivity index (χ4v) is 2.68. The van der Waals surface area contributed by atoms with Crippen molar-refractivity contribution in [2.24, 2.45) is 0 Å². The van der Waals surface area contributed by atoms with E-state index in [0.29, 0.717) is 0 Å². The minimum Gasteiger partial charge on any atom is -0.403 e. The highest BCUT2D eigenvalue weighted by Gasteiger charge is 2.53. The summed E-state index contributed by atoms with van der Waals surface area (Å²) in [6, 6.07) is 5.40. The maximum absolute atomic E-state index is 12.2. The average Bonchev–Trinajstić information content (AvgIpc) is 3.24. The van der Waals surface area contributed by atoms with Crippen LogP contribution in [0.4, 0.5) is 0 Å². The highest BCUT2D eigenvalue weighted by molar-refractivity contribution is 7.46. The molecule has 23 heavy (non-hydrogen) atoms. The predicted octanol–water partition coefficient (Wildman–Crippen LogP) is -0.517. The van der Waals surface area contributed by atoms with Crippen LogP contribution in [0, 0.1) is 0 Å². The summed E-state index contributed by atoms with van der Waals surface area (Å²) >= 11 is 0. The first-order valence-corrected chi connectivity index (χ1v) is 8.04. The van der Waals surface area contributed by atoms with E-state index < -0.39 is 32.0 Å². The van der Waals surface area contributed by atoms with Crippen LogP contribution in [0.5, 0.6) is 5.75 Å². The first-order chi connectivity index (χ1) is 10.8. The maximum Gasteiger partial charge on any atom is 0.524 e. The normalized spacial score (nSPS) is 26.1. The van der Waals surface area contributed by atoms with Gasteiger partial charge in [0, 0.05) is 6.08 Å². The smallest absolute Gasteiger partial charge is 0.403 e. The van der Waals surface area contributed by atoms with Crippen LogP contribution in [0.3, 0.4) is 0 Å². The summed E-state index contributed by atoms with van der Waals surface area (Å²) in [4.78, 5) is 41.5. The number of ketones is 1. The van der Waals surface area contributed by atoms with Crippen molar-refractivity contribution >= 4 is 19.5 Å². The Bertz CT molecular complexity index is 754. The SMILES string of the molecule is O=C(NC1=CC(=O)C2OC2C1O)c1ccccc1OP(=O)(O)O. The molecule has 1 aromatic rings. The van der Waals surface area contributed by atoms with Crippen LogP contribution in [0.25, 0.3) is 0 Å². The minimum absolute atomic E-state index is 0.0373. The fraction of sp³-hybridized carbons (Fsp3) is 0.231. The molecule has 0 aromatic heterocycles. The van der Waals surface area contributed by atoms with Gasteiger partial charge in [0.2, 0.25) is 0 Å². The molecule has 0 spiro atoms. The monoisotopic (exact) mass is 341 g/mol. The van der Waals surface area contributed by atoms with Gasteiger partial charge in [-0.3, -0.25) is 19.4 Å². The molecule has 1 amide bonds. The van der Waals surface area contributed by atoms with Crippen molar-refractivity contribution < 1.29 is 38.3 Å². The largest absolute Gasteiger partial charge is 0.524 e. The molecule has 2 aliphatic rings. The molecule has 1 saturated heterocycles. The number of benzene rings is 1. The number of carbonyl (C=O) groups is 2. The molecule has 3 unspecified atom stereocenters. The summed E-state index contributed by atoms with van der Waals surface area (Å²) in [5.41, 5.74) is -0.194. The van der Waals surface area contributed by atoms with Crippen molar-refractivity contribution in [1.82, 2.24) is 5.32 Å². The van der Waals surface area contributed by atoms with Crippen LogP contribution in [-0.2, 0) is 14.1 Å². The zero-order valence-electron chi connectivity index (χ0n) is 11.4. The summed E-state index contributed by atoms with van der Waals surface area (Å²) < 4.78 is 20.4. The number of phosphoric acid groups is 1. The molecule has 10 heteroatoms. The lowest BCUT2D eigenvalue weighted by atomic mass is 10.0. The molecule has 1 aliphatic carbocycles. The second-order valence-corrected chi connectivity index (χ2v) is 6.16. The molecule has 9 nitrogen and oxygen atoms in total.